The van der Waals surface area contributed by atoms with E-state index in [1.807, 2.05) is 6.08 Å². The van der Waals surface area contributed by atoms with Gasteiger partial charge in [-0.1, -0.05) is 94.6 Å². The van der Waals surface area contributed by atoms with Crippen LogP contribution in [0, 0.1) is 6.92 Å². The van der Waals surface area contributed by atoms with E-state index in [2.05, 4.69) is 94.7 Å². The van der Waals surface area contributed by atoms with Gasteiger partial charge in [-0.25, -0.2) is 0 Å². The Morgan fingerprint density at radius 2 is 1.82 bits per heavy atom. The highest BCUT2D eigenvalue weighted by molar-refractivity contribution is 6.79. The minimum absolute atomic E-state index is 0.0335. The summed E-state index contributed by atoms with van der Waals surface area (Å²) in [4.78, 5) is 2.62. The van der Waals surface area contributed by atoms with Gasteiger partial charge in [0.05, 0.1) is 8.07 Å². The third kappa shape index (κ3) is 4.84. The Labute approximate surface area is 202 Å². The van der Waals surface area contributed by atoms with Crippen LogP contribution < -0.4 is 4.74 Å². The summed E-state index contributed by atoms with van der Waals surface area (Å²) in [5.74, 6) is 1.09. The number of likely N-dealkylation sites (tertiary alicyclic amines) is 1. The maximum Gasteiger partial charge on any atom is 0.126 e. The van der Waals surface area contributed by atoms with Crippen LogP contribution in [0.2, 0.25) is 13.1 Å². The molecule has 2 aromatic rings. The summed E-state index contributed by atoms with van der Waals surface area (Å²) in [6, 6.07) is 14.9. The van der Waals surface area contributed by atoms with Gasteiger partial charge in [-0.15, -0.1) is 0 Å². The van der Waals surface area contributed by atoms with E-state index in [1.165, 1.54) is 59.4 Å². The second-order valence-corrected chi connectivity index (χ2v) is 16.6. The number of hydrogen-bond acceptors (Lipinski definition) is 2. The molecule has 1 aliphatic carbocycles. The Hall–Kier alpha value is -2.26. The fourth-order valence-corrected chi connectivity index (χ4v) is 8.84. The zero-order valence-corrected chi connectivity index (χ0v) is 22.5. The smallest absolute Gasteiger partial charge is 0.126 e. The van der Waals surface area contributed by atoms with Gasteiger partial charge < -0.3 is 9.64 Å². The average Bonchev–Trinajstić information content (AvgIpc) is 3.40. The highest BCUT2D eigenvalue weighted by atomic mass is 28.3. The molecule has 1 unspecified atom stereocenters. The molecule has 0 saturated carbocycles. The molecule has 33 heavy (non-hydrogen) atoms. The van der Waals surface area contributed by atoms with Crippen LogP contribution in [0.25, 0.3) is 5.70 Å². The van der Waals surface area contributed by atoms with E-state index in [-0.39, 0.29) is 5.41 Å². The predicted octanol–water partition coefficient (Wildman–Crippen LogP) is 7.42. The van der Waals surface area contributed by atoms with E-state index in [0.29, 0.717) is 12.1 Å². The number of ether oxygens (including phenoxy) is 1. The first kappa shape index (κ1) is 23.9. The minimum Gasteiger partial charge on any atom is -0.489 e. The molecule has 0 bridgehead atoms. The molecule has 1 heterocycles. The summed E-state index contributed by atoms with van der Waals surface area (Å²) in [5, 5.41) is 0. The van der Waals surface area contributed by atoms with Crippen molar-refractivity contribution in [1.82, 2.24) is 4.90 Å². The van der Waals surface area contributed by atoms with Crippen molar-refractivity contribution in [3.05, 3.63) is 82.9 Å². The molecule has 2 nitrogen and oxygen atoms in total. The molecule has 0 amide bonds. The summed E-state index contributed by atoms with van der Waals surface area (Å²) in [6.07, 6.45) is 7.10. The molecule has 1 atom stereocenters. The Morgan fingerprint density at radius 1 is 1.12 bits per heavy atom. The van der Waals surface area contributed by atoms with E-state index in [1.54, 1.807) is 0 Å². The van der Waals surface area contributed by atoms with Gasteiger partial charge in [-0.2, -0.15) is 0 Å². The van der Waals surface area contributed by atoms with Gasteiger partial charge in [0.25, 0.3) is 0 Å². The van der Waals surface area contributed by atoms with Gasteiger partial charge in [0, 0.05) is 29.9 Å². The standard InChI is InChI=1S/C30H41NOSi/c1-8-17-32-29-23(18-22(2)19-26(29)30(3,4)5)21-33(6,7)28-20-27(31-15-11-12-16-31)24-13-9-10-14-25(24)28/h8-10,13-14,18-20,28H,1,11-12,15-17,21H2,2-7H3. The molecule has 176 valence electrons. The predicted molar refractivity (Wildman–Crippen MR) is 145 cm³/mol. The summed E-state index contributed by atoms with van der Waals surface area (Å²) in [6.45, 7) is 21.0. The van der Waals surface area contributed by atoms with Crippen LogP contribution >= 0.6 is 0 Å². The van der Waals surface area contributed by atoms with Gasteiger partial charge in [0.1, 0.15) is 12.4 Å². The normalized spacial score (nSPS) is 18.3. The first-order valence-corrected chi connectivity index (χ1v) is 15.8. The van der Waals surface area contributed by atoms with Crippen molar-refractivity contribution in [2.24, 2.45) is 0 Å². The summed E-state index contributed by atoms with van der Waals surface area (Å²) >= 11 is 0. The second kappa shape index (κ2) is 9.17. The molecule has 1 saturated heterocycles. The van der Waals surface area contributed by atoms with Gasteiger partial charge >= 0.3 is 0 Å². The largest absolute Gasteiger partial charge is 0.489 e. The van der Waals surface area contributed by atoms with E-state index in [4.69, 9.17) is 4.74 Å². The number of benzene rings is 2. The molecule has 1 aliphatic heterocycles. The quantitative estimate of drug-likeness (QED) is 0.315. The van der Waals surface area contributed by atoms with Crippen molar-refractivity contribution in [2.75, 3.05) is 19.7 Å². The maximum atomic E-state index is 6.36. The van der Waals surface area contributed by atoms with Crippen LogP contribution in [0.1, 0.15) is 67.0 Å². The van der Waals surface area contributed by atoms with Crippen molar-refractivity contribution in [3.63, 3.8) is 0 Å². The molecule has 2 aromatic carbocycles. The van der Waals surface area contributed by atoms with E-state index < -0.39 is 8.07 Å². The Morgan fingerprint density at radius 3 is 2.48 bits per heavy atom. The molecule has 2 aliphatic rings. The van der Waals surface area contributed by atoms with Crippen LogP contribution in [-0.4, -0.2) is 32.7 Å². The number of rotatable bonds is 7. The third-order valence-corrected chi connectivity index (χ3v) is 10.7. The monoisotopic (exact) mass is 459 g/mol. The van der Waals surface area contributed by atoms with Crippen LogP contribution in [0.5, 0.6) is 5.75 Å². The zero-order chi connectivity index (χ0) is 23.8. The number of allylic oxidation sites excluding steroid dienone is 1. The highest BCUT2D eigenvalue weighted by Gasteiger charge is 2.39. The fraction of sp³-hybridized carbons (Fsp3) is 0.467. The molecule has 0 aromatic heterocycles. The highest BCUT2D eigenvalue weighted by Crippen LogP contribution is 2.45. The molecule has 0 N–H and O–H groups in total. The third-order valence-electron chi connectivity index (χ3n) is 7.29. The van der Waals surface area contributed by atoms with Crippen LogP contribution in [0.4, 0.5) is 0 Å². The summed E-state index contributed by atoms with van der Waals surface area (Å²) in [5.41, 5.74) is 9.05. The van der Waals surface area contributed by atoms with Crippen molar-refractivity contribution in [2.45, 2.75) is 70.6 Å². The summed E-state index contributed by atoms with van der Waals surface area (Å²) in [7, 11) is -1.74. The summed E-state index contributed by atoms with van der Waals surface area (Å²) < 4.78 is 6.36. The number of aryl methyl sites for hydroxylation is 1. The van der Waals surface area contributed by atoms with Gasteiger partial charge in [0.2, 0.25) is 0 Å². The Kier molecular flexibility index (Phi) is 6.64. The lowest BCUT2D eigenvalue weighted by Crippen LogP contribution is -2.37. The minimum atomic E-state index is -1.74. The average molecular weight is 460 g/mol. The molecule has 0 radical (unpaired) electrons. The molecule has 3 heteroatoms. The molecular weight excluding hydrogens is 418 g/mol. The first-order chi connectivity index (χ1) is 15.6. The van der Waals surface area contributed by atoms with Crippen LogP contribution in [0.15, 0.2) is 55.1 Å². The SMILES string of the molecule is C=CCOc1c(C[Si](C)(C)C2C=C(N3CCCC3)c3ccccc32)cc(C)cc1C(C)(C)C. The van der Waals surface area contributed by atoms with Crippen LogP contribution in [0.3, 0.4) is 0 Å². The molecule has 4 rings (SSSR count). The lowest BCUT2D eigenvalue weighted by Gasteiger charge is -2.32. The second-order valence-electron chi connectivity index (χ2n) is 11.6. The zero-order valence-electron chi connectivity index (χ0n) is 21.5. The maximum absolute atomic E-state index is 6.36. The number of fused-ring (bicyclic) bond motifs is 1. The van der Waals surface area contributed by atoms with Crippen molar-refractivity contribution in [1.29, 1.82) is 0 Å². The van der Waals surface area contributed by atoms with E-state index in [9.17, 15) is 0 Å². The first-order valence-electron chi connectivity index (χ1n) is 12.6. The van der Waals surface area contributed by atoms with Crippen molar-refractivity contribution >= 4 is 13.8 Å². The number of nitrogens with zero attached hydrogens (tertiary/aromatic N) is 1. The van der Waals surface area contributed by atoms with E-state index >= 15 is 0 Å². The lowest BCUT2D eigenvalue weighted by molar-refractivity contribution is 0.348. The molecular formula is C30H41NOSi. The lowest BCUT2D eigenvalue weighted by atomic mass is 9.84. The fourth-order valence-electron chi connectivity index (χ4n) is 5.67. The van der Waals surface area contributed by atoms with Gasteiger partial charge in [-0.05, 0) is 47.9 Å². The molecule has 0 spiro atoms. The topological polar surface area (TPSA) is 12.5 Å². The van der Waals surface area contributed by atoms with E-state index in [0.717, 1.165) is 11.8 Å². The van der Waals surface area contributed by atoms with Crippen LogP contribution in [-0.2, 0) is 11.5 Å². The van der Waals surface area contributed by atoms with Crippen molar-refractivity contribution in [3.8, 4) is 5.75 Å². The Balaban J connectivity index is 1.74. The Bertz CT molecular complexity index is 1050. The van der Waals surface area contributed by atoms with Gasteiger partial charge in [-0.3, -0.25) is 0 Å². The molecule has 1 fully saturated rings. The van der Waals surface area contributed by atoms with Gasteiger partial charge in [0.15, 0.2) is 0 Å². The number of hydrogen-bond donors (Lipinski definition) is 0. The van der Waals surface area contributed by atoms with Crippen molar-refractivity contribution < 1.29 is 4.74 Å².